The summed E-state index contributed by atoms with van der Waals surface area (Å²) in [7, 11) is -1.61. The Kier molecular flexibility index (Phi) is 5.66. The van der Waals surface area contributed by atoms with Crippen LogP contribution >= 0.6 is 0 Å². The average Bonchev–Trinajstić information content (AvgIpc) is 3.00. The van der Waals surface area contributed by atoms with E-state index in [-0.39, 0.29) is 17.8 Å². The summed E-state index contributed by atoms with van der Waals surface area (Å²) in [6.07, 6.45) is 1.12. The minimum Gasteiger partial charge on any atom is -0.480 e. The summed E-state index contributed by atoms with van der Waals surface area (Å²) >= 11 is 0. The fraction of sp³-hybridized carbons (Fsp3) is 0.318. The Morgan fingerprint density at radius 2 is 1.78 bits per heavy atom. The number of carbonyl (C=O) groups is 3. The maximum atomic E-state index is 13.1. The lowest BCUT2D eigenvalue weighted by Crippen LogP contribution is -2.46. The molecule has 2 aromatic carbocycles. The van der Waals surface area contributed by atoms with E-state index in [2.05, 4.69) is 10.2 Å². The van der Waals surface area contributed by atoms with Gasteiger partial charge >= 0.3 is 13.1 Å². The smallest absolute Gasteiger partial charge is 0.480 e. The van der Waals surface area contributed by atoms with Gasteiger partial charge in [0.05, 0.1) is 23.0 Å². The van der Waals surface area contributed by atoms with Crippen LogP contribution in [-0.2, 0) is 14.4 Å². The summed E-state index contributed by atoms with van der Waals surface area (Å²) < 4.78 is 0. The van der Waals surface area contributed by atoms with Gasteiger partial charge < -0.3 is 15.2 Å². The SMILES string of the molecule is CC1CCC2(C(=O)O)C(=O)N(c3ccc(N=Nc4cccc(B(O)O)c4)cc3)C(=O)C2C1. The van der Waals surface area contributed by atoms with E-state index in [4.69, 9.17) is 0 Å². The number of carboxylic acids is 1. The first-order valence-electron chi connectivity index (χ1n) is 10.3. The van der Waals surface area contributed by atoms with Gasteiger partial charge in [-0.3, -0.25) is 14.4 Å². The first-order valence-corrected chi connectivity index (χ1v) is 10.3. The molecule has 0 radical (unpaired) electrons. The minimum absolute atomic E-state index is 0.156. The highest BCUT2D eigenvalue weighted by atomic mass is 16.4. The number of carboxylic acid groups (broad SMARTS) is 1. The number of hydrogen-bond acceptors (Lipinski definition) is 7. The molecule has 32 heavy (non-hydrogen) atoms. The predicted molar refractivity (Wildman–Crippen MR) is 116 cm³/mol. The lowest BCUT2D eigenvalue weighted by molar-refractivity contribution is -0.160. The molecule has 3 atom stereocenters. The summed E-state index contributed by atoms with van der Waals surface area (Å²) in [5.41, 5.74) is -0.240. The third kappa shape index (κ3) is 3.61. The van der Waals surface area contributed by atoms with Crippen LogP contribution in [0.3, 0.4) is 0 Å². The van der Waals surface area contributed by atoms with Crippen molar-refractivity contribution in [3.05, 3.63) is 48.5 Å². The highest BCUT2D eigenvalue weighted by Crippen LogP contribution is 2.51. The number of amides is 2. The third-order valence-corrected chi connectivity index (χ3v) is 6.31. The van der Waals surface area contributed by atoms with E-state index in [1.165, 1.54) is 18.2 Å². The average molecular weight is 435 g/mol. The van der Waals surface area contributed by atoms with Crippen LogP contribution in [-0.4, -0.2) is 40.1 Å². The first-order chi connectivity index (χ1) is 15.2. The quantitative estimate of drug-likeness (QED) is 0.285. The molecule has 4 rings (SSSR count). The van der Waals surface area contributed by atoms with Gasteiger partial charge in [-0.15, -0.1) is 0 Å². The lowest BCUT2D eigenvalue weighted by atomic mass is 9.65. The molecule has 1 saturated heterocycles. The van der Waals surface area contributed by atoms with Gasteiger partial charge in [0.1, 0.15) is 0 Å². The molecule has 1 heterocycles. The molecule has 1 aliphatic heterocycles. The van der Waals surface area contributed by atoms with E-state index in [0.717, 1.165) is 4.90 Å². The standard InChI is InChI=1S/C22H22BN3O6/c1-13-9-10-22(21(29)30)18(11-13)19(27)26(20(22)28)17-7-5-15(6-8-17)24-25-16-4-2-3-14(12-16)23(31)32/h2-8,12-13,18,31-32H,9-11H2,1H3,(H,29,30). The van der Waals surface area contributed by atoms with Crippen LogP contribution in [0.2, 0.25) is 0 Å². The maximum Gasteiger partial charge on any atom is 0.488 e. The van der Waals surface area contributed by atoms with Crippen molar-refractivity contribution in [2.45, 2.75) is 26.2 Å². The lowest BCUT2D eigenvalue weighted by Gasteiger charge is -2.34. The van der Waals surface area contributed by atoms with Crippen molar-refractivity contribution in [2.24, 2.45) is 27.5 Å². The molecule has 0 spiro atoms. The number of nitrogens with zero attached hydrogens (tertiary/aromatic N) is 3. The zero-order chi connectivity index (χ0) is 23.0. The first kappa shape index (κ1) is 21.9. The second kappa shape index (κ2) is 8.29. The Labute approximate surface area is 184 Å². The molecule has 9 nitrogen and oxygen atoms in total. The number of carbonyl (C=O) groups excluding carboxylic acids is 2. The van der Waals surface area contributed by atoms with E-state index < -0.39 is 36.2 Å². The molecule has 0 bridgehead atoms. The van der Waals surface area contributed by atoms with E-state index in [9.17, 15) is 29.5 Å². The van der Waals surface area contributed by atoms with Crippen molar-refractivity contribution in [3.8, 4) is 0 Å². The minimum atomic E-state index is -1.69. The molecule has 0 aromatic heterocycles. The number of fused-ring (bicyclic) bond motifs is 1. The number of imide groups is 1. The van der Waals surface area contributed by atoms with Gasteiger partial charge in [-0.25, -0.2) is 4.90 Å². The molecular weight excluding hydrogens is 413 g/mol. The zero-order valence-corrected chi connectivity index (χ0v) is 17.4. The van der Waals surface area contributed by atoms with Gasteiger partial charge in [0.2, 0.25) is 5.91 Å². The van der Waals surface area contributed by atoms with Crippen LogP contribution in [0.1, 0.15) is 26.2 Å². The van der Waals surface area contributed by atoms with E-state index in [1.54, 1.807) is 30.3 Å². The second-order valence-corrected chi connectivity index (χ2v) is 8.37. The van der Waals surface area contributed by atoms with Crippen LogP contribution in [0.25, 0.3) is 0 Å². The van der Waals surface area contributed by atoms with Crippen molar-refractivity contribution in [2.75, 3.05) is 4.90 Å². The molecule has 1 saturated carbocycles. The summed E-state index contributed by atoms with van der Waals surface area (Å²) in [4.78, 5) is 39.3. The summed E-state index contributed by atoms with van der Waals surface area (Å²) in [5.74, 6) is -3.07. The van der Waals surface area contributed by atoms with Crippen molar-refractivity contribution in [1.82, 2.24) is 0 Å². The van der Waals surface area contributed by atoms with E-state index in [1.807, 2.05) is 6.92 Å². The number of hydrogen-bond donors (Lipinski definition) is 3. The molecule has 3 unspecified atom stereocenters. The van der Waals surface area contributed by atoms with Gasteiger partial charge in [-0.05, 0) is 67.0 Å². The summed E-state index contributed by atoms with van der Waals surface area (Å²) in [6.45, 7) is 1.96. The normalized spacial score (nSPS) is 25.3. The van der Waals surface area contributed by atoms with Crippen molar-refractivity contribution in [3.63, 3.8) is 0 Å². The topological polar surface area (TPSA) is 140 Å². The molecule has 3 N–H and O–H groups in total. The number of aliphatic carboxylic acids is 1. The fourth-order valence-corrected chi connectivity index (χ4v) is 4.52. The van der Waals surface area contributed by atoms with Gasteiger partial charge in [-0.2, -0.15) is 10.2 Å². The number of azo groups is 1. The highest BCUT2D eigenvalue weighted by Gasteiger charge is 2.65. The number of anilines is 1. The van der Waals surface area contributed by atoms with Crippen LogP contribution < -0.4 is 10.4 Å². The van der Waals surface area contributed by atoms with E-state index in [0.29, 0.717) is 29.9 Å². The monoisotopic (exact) mass is 435 g/mol. The number of rotatable bonds is 5. The Bertz CT molecular complexity index is 1100. The Hall–Kier alpha value is -3.37. The predicted octanol–water partition coefficient (Wildman–Crippen LogP) is 2.16. The summed E-state index contributed by atoms with van der Waals surface area (Å²) in [5, 5.41) is 36.5. The number of benzene rings is 2. The molecule has 10 heteroatoms. The van der Waals surface area contributed by atoms with Crippen molar-refractivity contribution >= 4 is 47.4 Å². The van der Waals surface area contributed by atoms with Gasteiger partial charge in [0.15, 0.2) is 5.41 Å². The maximum absolute atomic E-state index is 13.1. The molecule has 2 fully saturated rings. The van der Waals surface area contributed by atoms with Crippen LogP contribution in [0.5, 0.6) is 0 Å². The van der Waals surface area contributed by atoms with Crippen LogP contribution in [0.4, 0.5) is 17.1 Å². The van der Waals surface area contributed by atoms with Crippen molar-refractivity contribution in [1.29, 1.82) is 0 Å². The summed E-state index contributed by atoms with van der Waals surface area (Å²) in [6, 6.07) is 12.5. The largest absolute Gasteiger partial charge is 0.488 e. The Balaban J connectivity index is 1.58. The fourth-order valence-electron chi connectivity index (χ4n) is 4.52. The molecule has 1 aliphatic carbocycles. The highest BCUT2D eigenvalue weighted by molar-refractivity contribution is 6.58. The second-order valence-electron chi connectivity index (χ2n) is 8.37. The third-order valence-electron chi connectivity index (χ3n) is 6.31. The van der Waals surface area contributed by atoms with Crippen LogP contribution in [0, 0.1) is 17.3 Å². The molecular formula is C22H22BN3O6. The van der Waals surface area contributed by atoms with Crippen molar-refractivity contribution < 1.29 is 29.5 Å². The Morgan fingerprint density at radius 1 is 1.09 bits per heavy atom. The van der Waals surface area contributed by atoms with Gasteiger partial charge in [-0.1, -0.05) is 19.1 Å². The van der Waals surface area contributed by atoms with E-state index >= 15 is 0 Å². The van der Waals surface area contributed by atoms with Gasteiger partial charge in [0, 0.05) is 0 Å². The molecule has 2 amide bonds. The molecule has 164 valence electrons. The van der Waals surface area contributed by atoms with Crippen LogP contribution in [0.15, 0.2) is 58.8 Å². The molecule has 2 aromatic rings. The Morgan fingerprint density at radius 3 is 2.44 bits per heavy atom. The van der Waals surface area contributed by atoms with Gasteiger partial charge in [0.25, 0.3) is 5.91 Å². The molecule has 2 aliphatic rings. The zero-order valence-electron chi connectivity index (χ0n) is 17.4.